The SMILES string of the molecule is CC(=O)O[C@H]1C[C@@H]2C[C@@]3(C[C@H](O)[C@@H]4C(C)(C)[C@@H](OC(C)=O)C[C@H](O)[C@@]4(C)[C@H]13)C(=O)O[C@]1(CCC2=O)C(=O)[C@]23C[C@H]1C[C@H](OC(C)=O)[C@H]2[C@@]1(C)[C@H]([C@@H](O)C3)C(C)(C)[C@@H](OC(C)=O)C[C@@H]1O. The molecule has 1 aliphatic heterocycles. The van der Waals surface area contributed by atoms with Crippen molar-refractivity contribution in [3.63, 3.8) is 0 Å². The second kappa shape index (κ2) is 15.0. The van der Waals surface area contributed by atoms with Crippen LogP contribution in [0.3, 0.4) is 0 Å². The third-order valence-corrected chi connectivity index (χ3v) is 19.0. The van der Waals surface area contributed by atoms with Crippen molar-refractivity contribution in [1.29, 1.82) is 0 Å². The number of fused-ring (bicyclic) bond motifs is 7. The van der Waals surface area contributed by atoms with Crippen molar-refractivity contribution >= 4 is 41.4 Å². The molecule has 0 amide bonds. The lowest BCUT2D eigenvalue weighted by Gasteiger charge is -2.68. The van der Waals surface area contributed by atoms with E-state index in [0.717, 1.165) is 0 Å². The maximum Gasteiger partial charge on any atom is 0.313 e. The summed E-state index contributed by atoms with van der Waals surface area (Å²) in [7, 11) is 0. The molecular weight excluding hydrogens is 833 g/mol. The number of aliphatic hydroxyl groups is 4. The molecule has 8 rings (SSSR count). The highest BCUT2D eigenvalue weighted by atomic mass is 16.6. The summed E-state index contributed by atoms with van der Waals surface area (Å²) < 4.78 is 30.6. The van der Waals surface area contributed by atoms with Crippen LogP contribution in [-0.4, -0.2) is 116 Å². The minimum atomic E-state index is -1.97. The molecule has 16 heteroatoms. The summed E-state index contributed by atoms with van der Waals surface area (Å²) in [4.78, 5) is 97.3. The van der Waals surface area contributed by atoms with E-state index in [1.807, 2.05) is 27.7 Å². The van der Waals surface area contributed by atoms with Crippen LogP contribution in [0, 0.1) is 68.0 Å². The zero-order valence-electron chi connectivity index (χ0n) is 38.8. The molecule has 356 valence electrons. The highest BCUT2D eigenvalue weighted by Crippen LogP contribution is 2.75. The fourth-order valence-corrected chi connectivity index (χ4v) is 17.4. The Balaban J connectivity index is 1.27. The minimum absolute atomic E-state index is 0.0148. The van der Waals surface area contributed by atoms with Crippen LogP contribution < -0.4 is 0 Å². The minimum Gasteiger partial charge on any atom is -0.462 e. The normalized spacial score (nSPS) is 49.8. The van der Waals surface area contributed by atoms with Crippen molar-refractivity contribution in [2.24, 2.45) is 68.0 Å². The molecule has 0 aromatic rings. The largest absolute Gasteiger partial charge is 0.462 e. The first-order valence-electron chi connectivity index (χ1n) is 23.3. The first kappa shape index (κ1) is 47.0. The molecule has 64 heavy (non-hydrogen) atoms. The first-order chi connectivity index (χ1) is 29.5. The zero-order chi connectivity index (χ0) is 47.2. The number of rotatable bonds is 4. The maximum absolute atomic E-state index is 16.1. The standard InChI is InChI=1S/C48H68O16/c1-21(49)60-30-13-25-17-47(20-29(55)37-43(7,8)35(63-24(4)52)16-33(57)45(37,10)39(30)47)41(59)64-48(12-11-27(25)53)26-14-31(61-22(2)50)38-44(9)32(56)15-34(62-23(3)51)42(5,6)36(44)28(54)19-46(38,18-26)40(48)58/h25-26,28-39,54-57H,11-20H2,1-10H3/t25-,26-,28+,29+,30+,31+,32+,33+,34+,35+,36-,37-,38+,39+,44-,45-,46+,47+,48+/m1/s1. The predicted molar refractivity (Wildman–Crippen MR) is 221 cm³/mol. The van der Waals surface area contributed by atoms with Gasteiger partial charge in [-0.2, -0.15) is 0 Å². The number of ketones is 2. The summed E-state index contributed by atoms with van der Waals surface area (Å²) in [6.07, 6.45) is -9.63. The quantitative estimate of drug-likeness (QED) is 0.234. The molecule has 1 saturated heterocycles. The van der Waals surface area contributed by atoms with Crippen molar-refractivity contribution in [2.45, 2.75) is 188 Å². The number of esters is 5. The first-order valence-corrected chi connectivity index (χ1v) is 23.3. The Morgan fingerprint density at radius 1 is 0.562 bits per heavy atom. The molecule has 3 spiro atoms. The fourth-order valence-electron chi connectivity index (χ4n) is 17.4. The third kappa shape index (κ3) is 6.29. The Labute approximate surface area is 374 Å². The van der Waals surface area contributed by atoms with Gasteiger partial charge in [0.2, 0.25) is 0 Å². The van der Waals surface area contributed by atoms with Gasteiger partial charge < -0.3 is 44.1 Å². The monoisotopic (exact) mass is 900 g/mol. The summed E-state index contributed by atoms with van der Waals surface area (Å²) in [5.41, 5.74) is -9.84. The van der Waals surface area contributed by atoms with Gasteiger partial charge in [-0.05, 0) is 38.5 Å². The van der Waals surface area contributed by atoms with E-state index in [-0.39, 0.29) is 70.0 Å². The maximum atomic E-state index is 16.1. The van der Waals surface area contributed by atoms with E-state index in [1.54, 1.807) is 13.8 Å². The molecule has 19 atom stereocenters. The Hall–Kier alpha value is -3.47. The Morgan fingerprint density at radius 2 is 1.00 bits per heavy atom. The number of carbonyl (C=O) groups is 7. The molecule has 0 radical (unpaired) electrons. The van der Waals surface area contributed by atoms with Gasteiger partial charge in [0, 0.05) is 116 Å². The second-order valence-corrected chi connectivity index (χ2v) is 23.0. The summed E-state index contributed by atoms with van der Waals surface area (Å²) in [6, 6.07) is 0. The number of Topliss-reactive ketones (excluding diaryl/α,β-unsaturated/α-hetero) is 2. The lowest BCUT2D eigenvalue weighted by molar-refractivity contribution is -0.289. The number of ether oxygens (including phenoxy) is 5. The van der Waals surface area contributed by atoms with E-state index in [4.69, 9.17) is 23.7 Å². The van der Waals surface area contributed by atoms with Gasteiger partial charge in [-0.3, -0.25) is 33.6 Å². The van der Waals surface area contributed by atoms with Crippen molar-refractivity contribution in [3.8, 4) is 0 Å². The van der Waals surface area contributed by atoms with Crippen LogP contribution in [0.25, 0.3) is 0 Å². The summed E-state index contributed by atoms with van der Waals surface area (Å²) >= 11 is 0. The number of hydrogen-bond donors (Lipinski definition) is 4. The average Bonchev–Trinajstić information content (AvgIpc) is 3.32. The average molecular weight is 901 g/mol. The van der Waals surface area contributed by atoms with Crippen molar-refractivity contribution in [2.75, 3.05) is 0 Å². The number of hydrogen-bond acceptors (Lipinski definition) is 16. The Morgan fingerprint density at radius 3 is 1.47 bits per heavy atom. The van der Waals surface area contributed by atoms with Gasteiger partial charge in [-0.1, -0.05) is 41.5 Å². The molecule has 1 heterocycles. The van der Waals surface area contributed by atoms with Crippen molar-refractivity contribution in [1.82, 2.24) is 0 Å². The van der Waals surface area contributed by atoms with Crippen LogP contribution in [0.5, 0.6) is 0 Å². The van der Waals surface area contributed by atoms with E-state index in [0.29, 0.717) is 0 Å². The molecule has 0 aromatic carbocycles. The summed E-state index contributed by atoms with van der Waals surface area (Å²) in [5, 5.41) is 49.5. The van der Waals surface area contributed by atoms with Crippen molar-refractivity contribution < 1.29 is 77.7 Å². The topological polar surface area (TPSA) is 247 Å². The van der Waals surface area contributed by atoms with E-state index >= 15 is 9.59 Å². The third-order valence-electron chi connectivity index (χ3n) is 19.0. The molecule has 8 aliphatic rings. The molecule has 7 aliphatic carbocycles. The molecule has 4 bridgehead atoms. The van der Waals surface area contributed by atoms with Gasteiger partial charge in [-0.25, -0.2) is 0 Å². The van der Waals surface area contributed by atoms with Gasteiger partial charge in [0.05, 0.1) is 29.8 Å². The van der Waals surface area contributed by atoms with Crippen LogP contribution >= 0.6 is 0 Å². The Kier molecular flexibility index (Phi) is 11.0. The highest BCUT2D eigenvalue weighted by molar-refractivity contribution is 6.00. The van der Waals surface area contributed by atoms with Crippen molar-refractivity contribution in [3.05, 3.63) is 0 Å². The van der Waals surface area contributed by atoms with Crippen LogP contribution in [0.1, 0.15) is 133 Å². The van der Waals surface area contributed by atoms with E-state index in [1.165, 1.54) is 27.7 Å². The van der Waals surface area contributed by atoms with Crippen LogP contribution in [0.4, 0.5) is 0 Å². The number of carbonyl (C=O) groups excluding carboxylic acids is 7. The summed E-state index contributed by atoms with van der Waals surface area (Å²) in [6.45, 7) is 15.9. The lowest BCUT2D eigenvalue weighted by Crippen LogP contribution is -2.73. The molecule has 4 N–H and O–H groups in total. The van der Waals surface area contributed by atoms with Gasteiger partial charge in [-0.15, -0.1) is 0 Å². The predicted octanol–water partition coefficient (Wildman–Crippen LogP) is 3.32. The van der Waals surface area contributed by atoms with Gasteiger partial charge >= 0.3 is 29.8 Å². The van der Waals surface area contributed by atoms with Crippen LogP contribution in [-0.2, 0) is 57.2 Å². The van der Waals surface area contributed by atoms with Gasteiger partial charge in [0.25, 0.3) is 0 Å². The molecule has 8 fully saturated rings. The van der Waals surface area contributed by atoms with E-state index in [2.05, 4.69) is 0 Å². The van der Waals surface area contributed by atoms with Crippen LogP contribution in [0.15, 0.2) is 0 Å². The fraction of sp³-hybridized carbons (Fsp3) is 0.854. The van der Waals surface area contributed by atoms with E-state index in [9.17, 15) is 44.4 Å². The molecular formula is C48H68O16. The summed E-state index contributed by atoms with van der Waals surface area (Å²) in [5.74, 6) is -9.26. The highest BCUT2D eigenvalue weighted by Gasteiger charge is 2.81. The molecule has 16 nitrogen and oxygen atoms in total. The molecule has 0 unspecified atom stereocenters. The van der Waals surface area contributed by atoms with Crippen LogP contribution in [0.2, 0.25) is 0 Å². The molecule has 7 saturated carbocycles. The van der Waals surface area contributed by atoms with E-state index < -0.39 is 158 Å². The van der Waals surface area contributed by atoms with Gasteiger partial charge in [0.1, 0.15) is 30.2 Å². The second-order valence-electron chi connectivity index (χ2n) is 23.0. The van der Waals surface area contributed by atoms with Gasteiger partial charge in [0.15, 0.2) is 11.4 Å². The smallest absolute Gasteiger partial charge is 0.313 e. The number of aliphatic hydroxyl groups excluding tert-OH is 4. The zero-order valence-corrected chi connectivity index (χ0v) is 38.8. The lowest BCUT2D eigenvalue weighted by atomic mass is 9.37. The Bertz CT molecular complexity index is 2030. The molecule has 0 aromatic heterocycles.